The summed E-state index contributed by atoms with van der Waals surface area (Å²) in [4.78, 5) is 0. The third-order valence-electron chi connectivity index (χ3n) is 3.13. The maximum absolute atomic E-state index is 13.9. The summed E-state index contributed by atoms with van der Waals surface area (Å²) < 4.78 is 41.7. The Hall–Kier alpha value is -2.57. The lowest BCUT2D eigenvalue weighted by Crippen LogP contribution is -2.02. The minimum absolute atomic E-state index is 0.0706. The van der Waals surface area contributed by atoms with E-state index < -0.39 is 17.5 Å². The van der Waals surface area contributed by atoms with Gasteiger partial charge in [0.25, 0.3) is 0 Å². The lowest BCUT2D eigenvalue weighted by molar-refractivity contribution is 0.448. The Morgan fingerprint density at radius 1 is 1.00 bits per heavy atom. The van der Waals surface area contributed by atoms with E-state index in [1.807, 2.05) is 0 Å². The van der Waals surface area contributed by atoms with Crippen LogP contribution in [0.25, 0.3) is 17.0 Å². The molecule has 2 N–H and O–H groups in total. The van der Waals surface area contributed by atoms with Gasteiger partial charge in [-0.25, -0.2) is 13.2 Å². The first kappa shape index (κ1) is 12.5. The Kier molecular flexibility index (Phi) is 2.63. The Morgan fingerprint density at radius 2 is 1.75 bits per heavy atom. The summed E-state index contributed by atoms with van der Waals surface area (Å²) in [5.41, 5.74) is 7.09. The predicted molar refractivity (Wildman–Crippen MR) is 67.4 cm³/mol. The number of rotatable bonds is 1. The molecule has 0 saturated heterocycles. The summed E-state index contributed by atoms with van der Waals surface area (Å²) in [7, 11) is 0. The number of halogens is 3. The number of nitrogen functional groups attached to an aromatic ring is 1. The van der Waals surface area contributed by atoms with Crippen molar-refractivity contribution in [3.63, 3.8) is 0 Å². The van der Waals surface area contributed by atoms with Crippen molar-refractivity contribution in [1.29, 1.82) is 0 Å². The topological polar surface area (TPSA) is 56.2 Å². The quantitative estimate of drug-likeness (QED) is 0.696. The summed E-state index contributed by atoms with van der Waals surface area (Å²) in [5, 5.41) is 7.69. The normalized spacial score (nSPS) is 11.2. The van der Waals surface area contributed by atoms with Gasteiger partial charge in [-0.2, -0.15) is 0 Å². The number of fused-ring (bicyclic) bond motifs is 1. The van der Waals surface area contributed by atoms with Crippen LogP contribution in [0.3, 0.4) is 0 Å². The molecule has 4 nitrogen and oxygen atoms in total. The molecule has 7 heteroatoms. The van der Waals surface area contributed by atoms with Gasteiger partial charge in [0.05, 0.1) is 11.3 Å². The molecule has 2 aromatic heterocycles. The molecule has 102 valence electrons. The monoisotopic (exact) mass is 278 g/mol. The minimum atomic E-state index is -1.54. The Labute approximate surface area is 111 Å². The molecule has 0 unspecified atom stereocenters. The van der Waals surface area contributed by atoms with Gasteiger partial charge < -0.3 is 5.73 Å². The summed E-state index contributed by atoms with van der Waals surface area (Å²) in [5.74, 6) is -4.03. The highest BCUT2D eigenvalue weighted by Gasteiger charge is 2.19. The molecule has 0 bridgehead atoms. The molecule has 2 heterocycles. The van der Waals surface area contributed by atoms with E-state index in [-0.39, 0.29) is 11.4 Å². The number of anilines is 1. The second kappa shape index (κ2) is 4.22. The number of benzene rings is 1. The van der Waals surface area contributed by atoms with Gasteiger partial charge in [-0.05, 0) is 31.2 Å². The molecule has 1 aromatic carbocycles. The molecule has 0 aliphatic carbocycles. The van der Waals surface area contributed by atoms with E-state index in [1.54, 1.807) is 19.1 Å². The third kappa shape index (κ3) is 1.63. The largest absolute Gasteiger partial charge is 0.397 e. The minimum Gasteiger partial charge on any atom is -0.397 e. The zero-order valence-corrected chi connectivity index (χ0v) is 10.4. The van der Waals surface area contributed by atoms with Gasteiger partial charge in [-0.1, -0.05) is 0 Å². The molecule has 0 amide bonds. The highest BCUT2D eigenvalue weighted by Crippen LogP contribution is 2.27. The van der Waals surface area contributed by atoms with Crippen molar-refractivity contribution in [1.82, 2.24) is 14.6 Å². The zero-order valence-electron chi connectivity index (χ0n) is 10.4. The van der Waals surface area contributed by atoms with E-state index in [1.165, 1.54) is 4.40 Å². The predicted octanol–water partition coefficient (Wildman–Crippen LogP) is 2.70. The van der Waals surface area contributed by atoms with Crippen LogP contribution in [0.15, 0.2) is 24.3 Å². The third-order valence-corrected chi connectivity index (χ3v) is 3.13. The van der Waals surface area contributed by atoms with Crippen molar-refractivity contribution in [2.45, 2.75) is 6.92 Å². The highest BCUT2D eigenvalue weighted by atomic mass is 19.2. The standard InChI is InChI=1S/C13H9F3N4/c1-6-9(17)4-5-10-18-19-13(20(6)10)7-2-3-8(14)12(16)11(7)15/h2-5H,17H2,1H3. The summed E-state index contributed by atoms with van der Waals surface area (Å²) >= 11 is 0. The average molecular weight is 278 g/mol. The molecule has 0 fully saturated rings. The molecule has 0 aliphatic heterocycles. The van der Waals surface area contributed by atoms with Gasteiger partial charge in [-0.15, -0.1) is 10.2 Å². The van der Waals surface area contributed by atoms with Crippen LogP contribution in [0.1, 0.15) is 5.69 Å². The van der Waals surface area contributed by atoms with E-state index in [4.69, 9.17) is 5.73 Å². The number of aromatic nitrogens is 3. The number of hydrogen-bond donors (Lipinski definition) is 1. The van der Waals surface area contributed by atoms with Crippen molar-refractivity contribution in [3.05, 3.63) is 47.4 Å². The zero-order chi connectivity index (χ0) is 14.4. The maximum atomic E-state index is 13.9. The second-order valence-electron chi connectivity index (χ2n) is 4.31. The van der Waals surface area contributed by atoms with Gasteiger partial charge in [0.2, 0.25) is 0 Å². The number of pyridine rings is 1. The van der Waals surface area contributed by atoms with Crippen LogP contribution in [0.4, 0.5) is 18.9 Å². The molecule has 0 spiro atoms. The molecular weight excluding hydrogens is 269 g/mol. The van der Waals surface area contributed by atoms with Crippen molar-refractivity contribution < 1.29 is 13.2 Å². The fraction of sp³-hybridized carbons (Fsp3) is 0.0769. The van der Waals surface area contributed by atoms with E-state index in [2.05, 4.69) is 10.2 Å². The second-order valence-corrected chi connectivity index (χ2v) is 4.31. The van der Waals surface area contributed by atoms with Gasteiger partial charge in [0.15, 0.2) is 28.9 Å². The first-order chi connectivity index (χ1) is 9.50. The molecule has 0 atom stereocenters. The number of nitrogens with two attached hydrogens (primary N) is 1. The summed E-state index contributed by atoms with van der Waals surface area (Å²) in [6.07, 6.45) is 0. The summed E-state index contributed by atoms with van der Waals surface area (Å²) in [6, 6.07) is 5.21. The van der Waals surface area contributed by atoms with E-state index in [0.29, 0.717) is 17.0 Å². The molecule has 0 aliphatic rings. The van der Waals surface area contributed by atoms with Crippen LogP contribution < -0.4 is 5.73 Å². The van der Waals surface area contributed by atoms with Gasteiger partial charge in [0.1, 0.15) is 0 Å². The molecule has 3 rings (SSSR count). The van der Waals surface area contributed by atoms with Crippen molar-refractivity contribution in [2.75, 3.05) is 5.73 Å². The van der Waals surface area contributed by atoms with Gasteiger partial charge in [-0.3, -0.25) is 4.40 Å². The highest BCUT2D eigenvalue weighted by molar-refractivity contribution is 5.63. The maximum Gasteiger partial charge on any atom is 0.195 e. The molecule has 20 heavy (non-hydrogen) atoms. The van der Waals surface area contributed by atoms with E-state index >= 15 is 0 Å². The first-order valence-corrected chi connectivity index (χ1v) is 5.75. The van der Waals surface area contributed by atoms with E-state index in [0.717, 1.165) is 12.1 Å². The van der Waals surface area contributed by atoms with Crippen molar-refractivity contribution in [2.24, 2.45) is 0 Å². The lowest BCUT2D eigenvalue weighted by atomic mass is 10.1. The van der Waals surface area contributed by atoms with Gasteiger partial charge in [0, 0.05) is 5.69 Å². The molecule has 3 aromatic rings. The smallest absolute Gasteiger partial charge is 0.195 e. The summed E-state index contributed by atoms with van der Waals surface area (Å²) in [6.45, 7) is 1.70. The number of nitrogens with zero attached hydrogens (tertiary/aromatic N) is 3. The average Bonchev–Trinajstić information content (AvgIpc) is 2.85. The Morgan fingerprint density at radius 3 is 2.50 bits per heavy atom. The molecule has 0 radical (unpaired) electrons. The van der Waals surface area contributed by atoms with E-state index in [9.17, 15) is 13.2 Å². The number of aryl methyl sites for hydroxylation is 1. The molecular formula is C13H9F3N4. The first-order valence-electron chi connectivity index (χ1n) is 5.75. The number of hydrogen-bond acceptors (Lipinski definition) is 3. The van der Waals surface area contributed by atoms with Crippen molar-refractivity contribution in [3.8, 4) is 11.4 Å². The van der Waals surface area contributed by atoms with Crippen LogP contribution in [0.5, 0.6) is 0 Å². The van der Waals surface area contributed by atoms with Crippen LogP contribution in [-0.2, 0) is 0 Å². The SMILES string of the molecule is Cc1c(N)ccc2nnc(-c3ccc(F)c(F)c3F)n12. The Balaban J connectivity index is 2.36. The fourth-order valence-corrected chi connectivity index (χ4v) is 2.02. The van der Waals surface area contributed by atoms with Crippen molar-refractivity contribution >= 4 is 11.3 Å². The Bertz CT molecular complexity index is 826. The fourth-order valence-electron chi connectivity index (χ4n) is 2.02. The van der Waals surface area contributed by atoms with Crippen LogP contribution in [0, 0.1) is 24.4 Å². The van der Waals surface area contributed by atoms with Gasteiger partial charge >= 0.3 is 0 Å². The van der Waals surface area contributed by atoms with Crippen LogP contribution in [0.2, 0.25) is 0 Å². The van der Waals surface area contributed by atoms with Crippen LogP contribution in [-0.4, -0.2) is 14.6 Å². The molecule has 0 saturated carbocycles. The lowest BCUT2D eigenvalue weighted by Gasteiger charge is -2.07. The van der Waals surface area contributed by atoms with Crippen LogP contribution >= 0.6 is 0 Å².